The number of rotatable bonds is 9. The molecule has 0 bridgehead atoms. The van der Waals surface area contributed by atoms with Crippen LogP contribution in [0.25, 0.3) is 188 Å². The summed E-state index contributed by atoms with van der Waals surface area (Å²) in [5, 5.41) is 11.5. The first-order valence-electron chi connectivity index (χ1n) is 32.1. The second-order valence-corrected chi connectivity index (χ2v) is 24.9. The molecule has 1 aliphatic rings. The van der Waals surface area contributed by atoms with E-state index in [1.165, 1.54) is 70.7 Å². The van der Waals surface area contributed by atoms with Crippen LogP contribution in [0.5, 0.6) is 0 Å². The van der Waals surface area contributed by atoms with Gasteiger partial charge in [0.05, 0.1) is 55.5 Å². The molecule has 0 N–H and O–H groups in total. The molecule has 0 unspecified atom stereocenters. The molecule has 438 valence electrons. The largest absolute Gasteiger partial charge is 0.309 e. The molecule has 0 saturated heterocycles. The zero-order chi connectivity index (χ0) is 61.7. The molecular formula is C87H53FN6. The number of halogens is 1. The van der Waals surface area contributed by atoms with Crippen molar-refractivity contribution in [2.45, 2.75) is 6.67 Å². The van der Waals surface area contributed by atoms with Crippen LogP contribution in [0.3, 0.4) is 0 Å². The van der Waals surface area contributed by atoms with Crippen LogP contribution in [0.4, 0.5) is 4.39 Å². The first kappa shape index (κ1) is 52.3. The number of fused-ring (bicyclic) bond motifs is 15. The molecule has 5 heterocycles. The maximum absolute atomic E-state index is 14.9. The molecule has 19 aromatic rings. The molecule has 94 heavy (non-hydrogen) atoms. The van der Waals surface area contributed by atoms with Crippen LogP contribution in [-0.4, -0.2) is 28.2 Å². The Balaban J connectivity index is 0.696. The van der Waals surface area contributed by atoms with E-state index in [4.69, 9.17) is 9.97 Å². The fourth-order valence-corrected chi connectivity index (χ4v) is 15.7. The molecular weight excluding hydrogens is 1150 g/mol. The molecule has 0 radical (unpaired) electrons. The van der Waals surface area contributed by atoms with Crippen LogP contribution in [0.2, 0.25) is 0 Å². The number of nitrogens with zero attached hydrogens (tertiary/aromatic N) is 6. The van der Waals surface area contributed by atoms with Crippen LogP contribution >= 0.6 is 0 Å². The Morgan fingerprint density at radius 3 is 1.09 bits per heavy atom. The average molecular weight is 1200 g/mol. The standard InChI is InChI=1S/C87H53FN6/c88-52-59-35-42-69-83-64(59)27-16-28-70(83)86-84(69)85(58-17-15-22-63(47-58)94-78-32-14-10-26-68(78)74-51-57(39-46-82(74)94)55-37-44-80-72(49-55)66-24-8-12-30-76(66)92(80)61-20-5-2-6-21-61)89-87(90-86)53-33-40-62(41-34-53)93-77-31-13-9-25-67(77)73-50-56(38-45-81(73)93)54-36-43-79-71(48-54)65-23-7-11-29-75(65)91(79)60-18-3-1-4-19-60/h1-51H,52H2. The number of aromatic nitrogens is 6. The van der Waals surface area contributed by atoms with E-state index in [1.54, 1.807) is 0 Å². The van der Waals surface area contributed by atoms with Gasteiger partial charge in [-0.3, -0.25) is 0 Å². The molecule has 7 heteroatoms. The normalized spacial score (nSPS) is 12.1. The van der Waals surface area contributed by atoms with Gasteiger partial charge in [-0.1, -0.05) is 176 Å². The van der Waals surface area contributed by atoms with Crippen molar-refractivity contribution >= 4 is 98.0 Å². The lowest BCUT2D eigenvalue weighted by Crippen LogP contribution is -2.00. The van der Waals surface area contributed by atoms with Gasteiger partial charge in [0.2, 0.25) is 0 Å². The third-order valence-electron chi connectivity index (χ3n) is 19.9. The Kier molecular flexibility index (Phi) is 11.3. The van der Waals surface area contributed by atoms with Crippen LogP contribution in [0, 0.1) is 0 Å². The molecule has 0 spiro atoms. The topological polar surface area (TPSA) is 45.5 Å². The third kappa shape index (κ3) is 7.70. The van der Waals surface area contributed by atoms with Gasteiger partial charge in [0.15, 0.2) is 5.82 Å². The number of alkyl halides is 1. The third-order valence-corrected chi connectivity index (χ3v) is 19.9. The van der Waals surface area contributed by atoms with Gasteiger partial charge in [0.25, 0.3) is 0 Å². The highest BCUT2D eigenvalue weighted by molar-refractivity contribution is 6.19. The molecule has 0 saturated carbocycles. The number of para-hydroxylation sites is 6. The molecule has 6 nitrogen and oxygen atoms in total. The summed E-state index contributed by atoms with van der Waals surface area (Å²) >= 11 is 0. The van der Waals surface area contributed by atoms with E-state index >= 15 is 0 Å². The van der Waals surface area contributed by atoms with Crippen molar-refractivity contribution in [1.29, 1.82) is 0 Å². The highest BCUT2D eigenvalue weighted by Gasteiger charge is 2.30. The van der Waals surface area contributed by atoms with Crippen LogP contribution in [-0.2, 0) is 6.67 Å². The predicted octanol–water partition coefficient (Wildman–Crippen LogP) is 22.8. The van der Waals surface area contributed by atoms with Crippen molar-refractivity contribution in [1.82, 2.24) is 28.2 Å². The number of hydrogen-bond donors (Lipinski definition) is 0. The van der Waals surface area contributed by atoms with Crippen LogP contribution in [0.1, 0.15) is 5.56 Å². The first-order valence-corrected chi connectivity index (χ1v) is 32.1. The second kappa shape index (κ2) is 20.3. The molecule has 0 atom stereocenters. The molecule has 20 rings (SSSR count). The molecule has 14 aromatic carbocycles. The minimum absolute atomic E-state index is 0.559. The molecule has 0 aliphatic heterocycles. The lowest BCUT2D eigenvalue weighted by molar-refractivity contribution is 0.488. The van der Waals surface area contributed by atoms with E-state index in [0.717, 1.165) is 111 Å². The van der Waals surface area contributed by atoms with Crippen molar-refractivity contribution in [3.8, 4) is 90.0 Å². The second-order valence-electron chi connectivity index (χ2n) is 24.9. The van der Waals surface area contributed by atoms with Crippen molar-refractivity contribution < 1.29 is 4.39 Å². The van der Waals surface area contributed by atoms with E-state index in [0.29, 0.717) is 11.4 Å². The Bertz CT molecular complexity index is 6390. The van der Waals surface area contributed by atoms with Crippen molar-refractivity contribution in [2.75, 3.05) is 0 Å². The monoisotopic (exact) mass is 1200 g/mol. The van der Waals surface area contributed by atoms with E-state index in [9.17, 15) is 4.39 Å². The Hall–Kier alpha value is -12.5. The summed E-state index contributed by atoms with van der Waals surface area (Å²) in [6, 6.07) is 111. The van der Waals surface area contributed by atoms with E-state index in [2.05, 4.69) is 309 Å². The lowest BCUT2D eigenvalue weighted by Gasteiger charge is -2.15. The quantitative estimate of drug-likeness (QED) is 0.145. The zero-order valence-electron chi connectivity index (χ0n) is 50.7. The van der Waals surface area contributed by atoms with Gasteiger partial charge in [-0.2, -0.15) is 0 Å². The van der Waals surface area contributed by atoms with Crippen molar-refractivity contribution in [3.63, 3.8) is 0 Å². The molecule has 1 aliphatic carbocycles. The molecule has 5 aromatic heterocycles. The van der Waals surface area contributed by atoms with Crippen molar-refractivity contribution in [3.05, 3.63) is 315 Å². The number of hydrogen-bond acceptors (Lipinski definition) is 2. The predicted molar refractivity (Wildman–Crippen MR) is 388 cm³/mol. The van der Waals surface area contributed by atoms with Crippen molar-refractivity contribution in [2.24, 2.45) is 0 Å². The average Bonchev–Trinajstić information content (AvgIpc) is 1.58. The van der Waals surface area contributed by atoms with Crippen LogP contribution in [0.15, 0.2) is 309 Å². The Labute approximate surface area is 539 Å². The van der Waals surface area contributed by atoms with Gasteiger partial charge < -0.3 is 18.3 Å². The molecule has 0 fully saturated rings. The highest BCUT2D eigenvalue weighted by atomic mass is 19.1. The SMILES string of the molecule is FCc1ccc2c3c(cccc13)-c1nc(-c3ccc(-n4c5ccccc5c5cc(-c6ccc7c(c6)c6ccccc6n7-c6ccccc6)ccc54)cc3)nc(-c3cccc(-n4c5ccccc5c5cc(-c6ccc7c(c6)c6ccccc6n7-c6ccccc6)ccc54)c3)c1-2. The van der Waals surface area contributed by atoms with Crippen LogP contribution < -0.4 is 0 Å². The Morgan fingerprint density at radius 1 is 0.245 bits per heavy atom. The lowest BCUT2D eigenvalue weighted by atomic mass is 9.97. The minimum Gasteiger partial charge on any atom is -0.309 e. The van der Waals surface area contributed by atoms with Gasteiger partial charge in [0.1, 0.15) is 6.67 Å². The minimum atomic E-state index is -0.559. The van der Waals surface area contributed by atoms with Gasteiger partial charge in [-0.05, 0) is 178 Å². The summed E-state index contributed by atoms with van der Waals surface area (Å²) in [5.41, 5.74) is 25.4. The summed E-state index contributed by atoms with van der Waals surface area (Å²) in [5.74, 6) is 0.615. The van der Waals surface area contributed by atoms with Gasteiger partial charge >= 0.3 is 0 Å². The summed E-state index contributed by atoms with van der Waals surface area (Å²) in [6.07, 6.45) is 0. The zero-order valence-corrected chi connectivity index (χ0v) is 50.7. The van der Waals surface area contributed by atoms with Gasteiger partial charge in [-0.25, -0.2) is 14.4 Å². The van der Waals surface area contributed by atoms with E-state index in [-0.39, 0.29) is 0 Å². The maximum atomic E-state index is 14.9. The summed E-state index contributed by atoms with van der Waals surface area (Å²) in [7, 11) is 0. The highest BCUT2D eigenvalue weighted by Crippen LogP contribution is 2.52. The first-order chi connectivity index (χ1) is 46.6. The molecule has 0 amide bonds. The van der Waals surface area contributed by atoms with Gasteiger partial charge in [-0.15, -0.1) is 0 Å². The fraction of sp³-hybridized carbons (Fsp3) is 0.0115. The Morgan fingerprint density at radius 2 is 0.617 bits per heavy atom. The summed E-state index contributed by atoms with van der Waals surface area (Å²) in [4.78, 5) is 11.1. The fourth-order valence-electron chi connectivity index (χ4n) is 15.7. The van der Waals surface area contributed by atoms with E-state index < -0.39 is 6.67 Å². The summed E-state index contributed by atoms with van der Waals surface area (Å²) < 4.78 is 24.4. The number of benzene rings is 14. The van der Waals surface area contributed by atoms with E-state index in [1.807, 2.05) is 18.2 Å². The maximum Gasteiger partial charge on any atom is 0.160 e. The van der Waals surface area contributed by atoms with Gasteiger partial charge in [0, 0.05) is 88.1 Å². The summed E-state index contributed by atoms with van der Waals surface area (Å²) in [6.45, 7) is -0.559. The smallest absolute Gasteiger partial charge is 0.160 e.